The summed E-state index contributed by atoms with van der Waals surface area (Å²) in [6, 6.07) is 0. The van der Waals surface area contributed by atoms with Gasteiger partial charge in [-0.25, -0.2) is 0 Å². The molecule has 0 aromatic heterocycles. The molecule has 8 nitrogen and oxygen atoms in total. The number of allylic oxidation sites excluding steroid dienone is 4. The Kier molecular flexibility index (Phi) is 7.05. The van der Waals surface area contributed by atoms with Gasteiger partial charge in [0.05, 0.1) is 0 Å². The normalized spacial score (nSPS) is 39.4. The van der Waals surface area contributed by atoms with Crippen LogP contribution in [0.15, 0.2) is 23.8 Å². The van der Waals surface area contributed by atoms with Gasteiger partial charge in [-0.3, -0.25) is 19.2 Å². The summed E-state index contributed by atoms with van der Waals surface area (Å²) >= 11 is 0. The summed E-state index contributed by atoms with van der Waals surface area (Å²) in [5, 5.41) is 15.0. The molecule has 5 aliphatic rings. The van der Waals surface area contributed by atoms with Crippen LogP contribution in [0, 0.1) is 28.6 Å². The molecule has 0 amide bonds. The Balaban J connectivity index is 1.22. The van der Waals surface area contributed by atoms with Crippen molar-refractivity contribution in [3.8, 4) is 0 Å². The lowest BCUT2D eigenvalue weighted by Crippen LogP contribution is -2.60. The van der Waals surface area contributed by atoms with Crippen LogP contribution in [0.25, 0.3) is 0 Å². The molecule has 3 saturated carbocycles. The molecule has 0 aromatic carbocycles. The lowest BCUT2D eigenvalue weighted by atomic mass is 9.46. The van der Waals surface area contributed by atoms with E-state index in [9.17, 15) is 24.3 Å². The monoisotopic (exact) mass is 512 g/mol. The topological polar surface area (TPSA) is 113 Å². The average molecular weight is 513 g/mol. The first kappa shape index (κ1) is 26.4. The van der Waals surface area contributed by atoms with Crippen molar-refractivity contribution in [2.24, 2.45) is 28.6 Å². The molecule has 1 saturated heterocycles. The van der Waals surface area contributed by atoms with Crippen molar-refractivity contribution in [2.75, 3.05) is 39.3 Å². The number of nitrogens with one attached hydrogen (secondary N) is 1. The fraction of sp³-hybridized carbons (Fsp3) is 0.724. The minimum absolute atomic E-state index is 0.0169. The highest BCUT2D eigenvalue weighted by molar-refractivity contribution is 6.02. The first-order chi connectivity index (χ1) is 17.6. The van der Waals surface area contributed by atoms with Crippen molar-refractivity contribution >= 4 is 23.3 Å². The van der Waals surface area contributed by atoms with Crippen LogP contribution in [0.4, 0.5) is 0 Å². The van der Waals surface area contributed by atoms with E-state index in [1.54, 1.807) is 12.2 Å². The number of esters is 1. The Morgan fingerprint density at radius 2 is 1.95 bits per heavy atom. The Labute approximate surface area is 218 Å². The third kappa shape index (κ3) is 4.45. The largest absolute Gasteiger partial charge is 0.458 e. The van der Waals surface area contributed by atoms with E-state index in [0.717, 1.165) is 51.1 Å². The first-order valence-electron chi connectivity index (χ1n) is 13.9. The van der Waals surface area contributed by atoms with Crippen LogP contribution in [-0.2, 0) is 23.9 Å². The molecule has 0 spiro atoms. The lowest BCUT2D eigenvalue weighted by molar-refractivity contribution is -0.172. The number of ketones is 3. The van der Waals surface area contributed by atoms with Gasteiger partial charge in [-0.1, -0.05) is 25.5 Å². The van der Waals surface area contributed by atoms with Crippen molar-refractivity contribution in [1.82, 2.24) is 10.2 Å². The predicted octanol–water partition coefficient (Wildman–Crippen LogP) is 2.00. The van der Waals surface area contributed by atoms with E-state index >= 15 is 0 Å². The average Bonchev–Trinajstić information content (AvgIpc) is 3.14. The molecule has 2 N–H and O–H groups in total. The highest BCUT2D eigenvalue weighted by atomic mass is 16.5. The molecular formula is C29H40N2O6. The smallest absolute Gasteiger partial charge is 0.306 e. The number of carbonyl (C=O) groups is 4. The van der Waals surface area contributed by atoms with Crippen LogP contribution in [0.3, 0.4) is 0 Å². The Bertz CT molecular complexity index is 1040. The number of hydrogen-bond acceptors (Lipinski definition) is 8. The molecule has 4 fully saturated rings. The van der Waals surface area contributed by atoms with Gasteiger partial charge in [0.25, 0.3) is 0 Å². The van der Waals surface area contributed by atoms with Gasteiger partial charge in [-0.15, -0.1) is 0 Å². The SMILES string of the molecule is C[C@]12C=CC(=O)C=C1CC[C@@H]1[C@@H]2C(=O)C[C@@]2(C)[C@H]1CC[C@]2(O)C(=O)COC(=O)CCCN1CCNCC1. The number of aliphatic hydroxyl groups is 1. The summed E-state index contributed by atoms with van der Waals surface area (Å²) in [4.78, 5) is 53.6. The summed E-state index contributed by atoms with van der Waals surface area (Å²) in [6.07, 6.45) is 8.62. The van der Waals surface area contributed by atoms with Gasteiger partial charge in [0, 0.05) is 55.8 Å². The van der Waals surface area contributed by atoms with Crippen LogP contribution in [0.5, 0.6) is 0 Å². The maximum Gasteiger partial charge on any atom is 0.306 e. The first-order valence-corrected chi connectivity index (χ1v) is 13.9. The van der Waals surface area contributed by atoms with E-state index in [-0.39, 0.29) is 48.6 Å². The number of hydrogen-bond donors (Lipinski definition) is 2. The van der Waals surface area contributed by atoms with Gasteiger partial charge in [0.1, 0.15) is 11.4 Å². The highest BCUT2D eigenvalue weighted by Gasteiger charge is 2.68. The van der Waals surface area contributed by atoms with Crippen molar-refractivity contribution in [3.05, 3.63) is 23.8 Å². The number of nitrogens with zero attached hydrogens (tertiary/aromatic N) is 1. The van der Waals surface area contributed by atoms with E-state index in [4.69, 9.17) is 4.74 Å². The van der Waals surface area contributed by atoms with Gasteiger partial charge in [0.15, 0.2) is 12.4 Å². The van der Waals surface area contributed by atoms with E-state index in [0.29, 0.717) is 12.8 Å². The van der Waals surface area contributed by atoms with E-state index < -0.39 is 34.8 Å². The number of ether oxygens (including phenoxy) is 1. The molecule has 8 heteroatoms. The Morgan fingerprint density at radius 1 is 1.19 bits per heavy atom. The van der Waals surface area contributed by atoms with Crippen molar-refractivity contribution in [3.63, 3.8) is 0 Å². The summed E-state index contributed by atoms with van der Waals surface area (Å²) in [5.41, 5.74) is -2.04. The second-order valence-electron chi connectivity index (χ2n) is 12.2. The van der Waals surface area contributed by atoms with Gasteiger partial charge >= 0.3 is 5.97 Å². The zero-order valence-electron chi connectivity index (χ0n) is 22.1. The molecule has 6 atom stereocenters. The molecule has 5 rings (SSSR count). The van der Waals surface area contributed by atoms with Crippen molar-refractivity contribution in [1.29, 1.82) is 0 Å². The quantitative estimate of drug-likeness (QED) is 0.498. The zero-order valence-corrected chi connectivity index (χ0v) is 22.1. The molecule has 0 radical (unpaired) electrons. The molecular weight excluding hydrogens is 472 g/mol. The van der Waals surface area contributed by atoms with Crippen LogP contribution in [0.1, 0.15) is 58.8 Å². The predicted molar refractivity (Wildman–Crippen MR) is 136 cm³/mol. The molecule has 37 heavy (non-hydrogen) atoms. The third-order valence-corrected chi connectivity index (χ3v) is 10.3. The van der Waals surface area contributed by atoms with E-state index in [1.807, 2.05) is 19.9 Å². The second-order valence-corrected chi connectivity index (χ2v) is 12.2. The zero-order chi connectivity index (χ0) is 26.4. The maximum atomic E-state index is 13.7. The summed E-state index contributed by atoms with van der Waals surface area (Å²) in [7, 11) is 0. The number of carbonyl (C=O) groups excluding carboxylic acids is 4. The number of fused-ring (bicyclic) bond motifs is 5. The summed E-state index contributed by atoms with van der Waals surface area (Å²) < 4.78 is 5.31. The second kappa shape index (κ2) is 9.86. The van der Waals surface area contributed by atoms with Crippen LogP contribution in [0.2, 0.25) is 0 Å². The Morgan fingerprint density at radius 3 is 2.70 bits per heavy atom. The van der Waals surface area contributed by atoms with Gasteiger partial charge < -0.3 is 20.1 Å². The maximum absolute atomic E-state index is 13.7. The fourth-order valence-electron chi connectivity index (χ4n) is 8.21. The molecule has 202 valence electrons. The molecule has 1 aliphatic heterocycles. The van der Waals surface area contributed by atoms with Gasteiger partial charge in [0.2, 0.25) is 5.78 Å². The van der Waals surface area contributed by atoms with E-state index in [2.05, 4.69) is 10.2 Å². The van der Waals surface area contributed by atoms with E-state index in [1.165, 1.54) is 0 Å². The van der Waals surface area contributed by atoms with Crippen LogP contribution in [-0.4, -0.2) is 78.3 Å². The standard InChI is InChI=1S/C29H40N2O6/c1-27-9-7-20(32)16-19(27)5-6-21-22-8-10-29(36,28(22,2)17-23(33)26(21)27)24(34)18-37-25(35)4-3-13-31-14-11-30-12-15-31/h7,9,16,21-22,26,30,36H,3-6,8,10-15,17-18H2,1-2H3/t21-,22-,26+,27-,28-,29-/m0/s1. The lowest BCUT2D eigenvalue weighted by Gasteiger charge is -2.56. The molecule has 0 unspecified atom stereocenters. The summed E-state index contributed by atoms with van der Waals surface area (Å²) in [6.45, 7) is 8.12. The van der Waals surface area contributed by atoms with Crippen molar-refractivity contribution in [2.45, 2.75) is 64.4 Å². The van der Waals surface area contributed by atoms with Crippen LogP contribution < -0.4 is 5.32 Å². The highest BCUT2D eigenvalue weighted by Crippen LogP contribution is 2.66. The van der Waals surface area contributed by atoms with Crippen molar-refractivity contribution < 1.29 is 29.0 Å². The molecule has 0 bridgehead atoms. The number of piperazine rings is 1. The van der Waals surface area contributed by atoms with Crippen LogP contribution >= 0.6 is 0 Å². The fourth-order valence-corrected chi connectivity index (χ4v) is 8.21. The Hall–Kier alpha value is -2.16. The molecule has 4 aliphatic carbocycles. The van der Waals surface area contributed by atoms with Gasteiger partial charge in [-0.2, -0.15) is 0 Å². The minimum atomic E-state index is -1.69. The molecule has 1 heterocycles. The summed E-state index contributed by atoms with van der Waals surface area (Å²) in [5.74, 6) is -1.09. The third-order valence-electron chi connectivity index (χ3n) is 10.3. The number of rotatable bonds is 7. The molecule has 0 aromatic rings. The van der Waals surface area contributed by atoms with Gasteiger partial charge in [-0.05, 0) is 62.6 Å². The minimum Gasteiger partial charge on any atom is -0.458 e. The number of Topliss-reactive ketones (excluding diaryl/α,β-unsaturated/α-hetero) is 2.